The van der Waals surface area contributed by atoms with Crippen molar-refractivity contribution in [2.24, 2.45) is 0 Å². The van der Waals surface area contributed by atoms with Crippen LogP contribution in [0.2, 0.25) is 0 Å². The highest BCUT2D eigenvalue weighted by atomic mass is 32.2. The number of aromatic nitrogens is 3. The van der Waals surface area contributed by atoms with Gasteiger partial charge in [-0.05, 0) is 55.4 Å². The number of halogens is 1. The lowest BCUT2D eigenvalue weighted by molar-refractivity contribution is 0.369. The maximum absolute atomic E-state index is 14.2. The molecule has 2 aromatic carbocycles. The van der Waals surface area contributed by atoms with Crippen molar-refractivity contribution in [2.45, 2.75) is 11.3 Å². The van der Waals surface area contributed by atoms with Crippen molar-refractivity contribution in [3.63, 3.8) is 0 Å². The molecule has 9 heteroatoms. The van der Waals surface area contributed by atoms with E-state index in [-0.39, 0.29) is 10.5 Å². The van der Waals surface area contributed by atoms with E-state index in [0.717, 1.165) is 12.1 Å². The van der Waals surface area contributed by atoms with Gasteiger partial charge in [-0.15, -0.1) is 0 Å². The summed E-state index contributed by atoms with van der Waals surface area (Å²) in [5, 5.41) is 0.501. The molecule has 0 unspecified atom stereocenters. The number of likely N-dealkylation sites (N-methyl/N-ethyl adjacent to an activating group) is 1. The van der Waals surface area contributed by atoms with Crippen molar-refractivity contribution >= 4 is 26.6 Å². The minimum absolute atomic E-state index is 0.158. The zero-order valence-electron chi connectivity index (χ0n) is 18.8. The fraction of sp³-hybridized carbons (Fsp3) is 0.200. The van der Waals surface area contributed by atoms with Gasteiger partial charge in [-0.2, -0.15) is 0 Å². The molecule has 0 N–H and O–H groups in total. The molecule has 174 valence electrons. The van der Waals surface area contributed by atoms with Gasteiger partial charge in [0.25, 0.3) is 10.0 Å². The fourth-order valence-electron chi connectivity index (χ4n) is 4.24. The molecule has 0 saturated heterocycles. The van der Waals surface area contributed by atoms with Crippen molar-refractivity contribution in [3.05, 3.63) is 78.5 Å². The van der Waals surface area contributed by atoms with Crippen LogP contribution in [0, 0.1) is 5.82 Å². The maximum atomic E-state index is 14.2. The van der Waals surface area contributed by atoms with Crippen molar-refractivity contribution in [2.75, 3.05) is 27.2 Å². The van der Waals surface area contributed by atoms with Gasteiger partial charge in [0.15, 0.2) is 5.65 Å². The number of hydrogen-bond acceptors (Lipinski definition) is 6. The van der Waals surface area contributed by atoms with Crippen LogP contribution in [0.5, 0.6) is 5.75 Å². The normalized spacial score (nSPS) is 14.9. The number of benzene rings is 2. The molecule has 3 heterocycles. The molecule has 0 atom stereocenters. The molecule has 5 rings (SSSR count). The molecule has 0 spiro atoms. The summed E-state index contributed by atoms with van der Waals surface area (Å²) in [5.74, 6) is -0.0164. The van der Waals surface area contributed by atoms with E-state index in [2.05, 4.69) is 14.9 Å². The second-order valence-corrected chi connectivity index (χ2v) is 9.94. The second kappa shape index (κ2) is 8.66. The van der Waals surface area contributed by atoms with Crippen molar-refractivity contribution < 1.29 is 17.5 Å². The third kappa shape index (κ3) is 3.76. The van der Waals surface area contributed by atoms with Crippen LogP contribution in [0.15, 0.2) is 71.9 Å². The largest absolute Gasteiger partial charge is 0.496 e. The Kier molecular flexibility index (Phi) is 5.66. The third-order valence-corrected chi connectivity index (χ3v) is 7.71. The number of methoxy groups -OCH3 is 1. The second-order valence-electron chi connectivity index (χ2n) is 8.16. The zero-order chi connectivity index (χ0) is 23.9. The summed E-state index contributed by atoms with van der Waals surface area (Å²) in [6.45, 7) is 1.51. The van der Waals surface area contributed by atoms with E-state index in [1.54, 1.807) is 36.4 Å². The molecule has 0 aliphatic carbocycles. The monoisotopic (exact) mass is 478 g/mol. The number of ether oxygens (including phenoxy) is 1. The van der Waals surface area contributed by atoms with Gasteiger partial charge < -0.3 is 9.64 Å². The Morgan fingerprint density at radius 2 is 1.85 bits per heavy atom. The first-order chi connectivity index (χ1) is 16.4. The molecule has 1 aliphatic heterocycles. The standard InChI is InChI=1S/C25H23FN4O3S/c1-29-12-10-17(11-13-29)22-15-21-24(20-14-18(26)8-9-23(20)33-2)27-16-28-25(21)30(22)34(31,32)19-6-4-3-5-7-19/h3-10,14-16H,11-13H2,1-2H3. The predicted octanol–water partition coefficient (Wildman–Crippen LogP) is 4.20. The molecule has 4 aromatic rings. The lowest BCUT2D eigenvalue weighted by atomic mass is 10.0. The SMILES string of the molecule is COc1ccc(F)cc1-c1ncnc2c1cc(C1=CCN(C)CC1)n2S(=O)(=O)c1ccccc1. The van der Waals surface area contributed by atoms with E-state index in [0.29, 0.717) is 41.1 Å². The van der Waals surface area contributed by atoms with Gasteiger partial charge in [0.2, 0.25) is 0 Å². The molecule has 0 fully saturated rings. The Bertz CT molecular complexity index is 1510. The first-order valence-corrected chi connectivity index (χ1v) is 12.2. The Morgan fingerprint density at radius 3 is 2.56 bits per heavy atom. The number of fused-ring (bicyclic) bond motifs is 1. The van der Waals surface area contributed by atoms with Crippen molar-refractivity contribution in [1.29, 1.82) is 0 Å². The van der Waals surface area contributed by atoms with E-state index >= 15 is 0 Å². The summed E-state index contributed by atoms with van der Waals surface area (Å²) < 4.78 is 48.6. The van der Waals surface area contributed by atoms with Crippen LogP contribution in [0.1, 0.15) is 12.1 Å². The van der Waals surface area contributed by atoms with Gasteiger partial charge in [0, 0.05) is 24.0 Å². The lowest BCUT2D eigenvalue weighted by Gasteiger charge is -2.22. The minimum Gasteiger partial charge on any atom is -0.496 e. The Balaban J connectivity index is 1.83. The van der Waals surface area contributed by atoms with Crippen LogP contribution >= 0.6 is 0 Å². The van der Waals surface area contributed by atoms with Gasteiger partial charge >= 0.3 is 0 Å². The number of rotatable bonds is 5. The van der Waals surface area contributed by atoms with Crippen LogP contribution in [0.25, 0.3) is 27.9 Å². The summed E-state index contributed by atoms with van der Waals surface area (Å²) in [6, 6.07) is 14.2. The molecule has 0 bridgehead atoms. The summed E-state index contributed by atoms with van der Waals surface area (Å²) in [4.78, 5) is 11.1. The molecule has 0 amide bonds. The highest BCUT2D eigenvalue weighted by Gasteiger charge is 2.28. The highest BCUT2D eigenvalue weighted by Crippen LogP contribution is 2.38. The lowest BCUT2D eigenvalue weighted by Crippen LogP contribution is -2.25. The summed E-state index contributed by atoms with van der Waals surface area (Å²) >= 11 is 0. The molecule has 7 nitrogen and oxygen atoms in total. The Hall–Kier alpha value is -3.56. The minimum atomic E-state index is -3.97. The van der Waals surface area contributed by atoms with Crippen molar-refractivity contribution in [1.82, 2.24) is 18.8 Å². The number of hydrogen-bond donors (Lipinski definition) is 0. The smallest absolute Gasteiger partial charge is 0.269 e. The van der Waals surface area contributed by atoms with E-state index in [1.807, 2.05) is 13.1 Å². The molecule has 0 saturated carbocycles. The molecular formula is C25H23FN4O3S. The van der Waals surface area contributed by atoms with Gasteiger partial charge in [-0.1, -0.05) is 24.3 Å². The van der Waals surface area contributed by atoms with Crippen LogP contribution in [0.3, 0.4) is 0 Å². The molecule has 34 heavy (non-hydrogen) atoms. The average Bonchev–Trinajstić information content (AvgIpc) is 3.25. The number of nitrogens with zero attached hydrogens (tertiary/aromatic N) is 4. The quantitative estimate of drug-likeness (QED) is 0.428. The van der Waals surface area contributed by atoms with Gasteiger partial charge in [-0.3, -0.25) is 0 Å². The van der Waals surface area contributed by atoms with E-state index < -0.39 is 15.8 Å². The molecule has 2 aromatic heterocycles. The molecule has 1 aliphatic rings. The Morgan fingerprint density at radius 1 is 1.06 bits per heavy atom. The zero-order valence-corrected chi connectivity index (χ0v) is 19.6. The highest BCUT2D eigenvalue weighted by molar-refractivity contribution is 7.90. The summed E-state index contributed by atoms with van der Waals surface area (Å²) in [7, 11) is -0.460. The summed E-state index contributed by atoms with van der Waals surface area (Å²) in [6.07, 6.45) is 4.01. The van der Waals surface area contributed by atoms with Gasteiger partial charge in [0.05, 0.1) is 23.4 Å². The van der Waals surface area contributed by atoms with Crippen LogP contribution in [-0.4, -0.2) is 54.5 Å². The maximum Gasteiger partial charge on any atom is 0.269 e. The van der Waals surface area contributed by atoms with Crippen LogP contribution < -0.4 is 4.74 Å². The topological polar surface area (TPSA) is 77.3 Å². The van der Waals surface area contributed by atoms with Crippen molar-refractivity contribution in [3.8, 4) is 17.0 Å². The van der Waals surface area contributed by atoms with E-state index in [9.17, 15) is 12.8 Å². The molecule has 0 radical (unpaired) electrons. The average molecular weight is 479 g/mol. The van der Waals surface area contributed by atoms with Crippen LogP contribution in [-0.2, 0) is 10.0 Å². The van der Waals surface area contributed by atoms with E-state index in [4.69, 9.17) is 4.74 Å². The van der Waals surface area contributed by atoms with Gasteiger partial charge in [-0.25, -0.2) is 26.7 Å². The summed E-state index contributed by atoms with van der Waals surface area (Å²) in [5.41, 5.74) is 2.50. The van der Waals surface area contributed by atoms with E-state index in [1.165, 1.54) is 35.6 Å². The predicted molar refractivity (Wildman–Crippen MR) is 129 cm³/mol. The third-order valence-electron chi connectivity index (χ3n) is 5.99. The first-order valence-electron chi connectivity index (χ1n) is 10.8. The first kappa shape index (κ1) is 22.2. The van der Waals surface area contributed by atoms with Gasteiger partial charge in [0.1, 0.15) is 17.9 Å². The Labute approximate surface area is 197 Å². The molecular weight excluding hydrogens is 455 g/mol. The fourth-order valence-corrected chi connectivity index (χ4v) is 5.75. The van der Waals surface area contributed by atoms with Crippen LogP contribution in [0.4, 0.5) is 4.39 Å².